The fraction of sp³-hybridized carbons (Fsp3) is 0.842. The van der Waals surface area contributed by atoms with Crippen molar-refractivity contribution in [3.63, 3.8) is 0 Å². The van der Waals surface area contributed by atoms with Crippen LogP contribution in [0.1, 0.15) is 44.9 Å². The van der Waals surface area contributed by atoms with Gasteiger partial charge in [-0.1, -0.05) is 6.58 Å². The molecule has 30 heavy (non-hydrogen) atoms. The molecule has 4 aliphatic rings. The van der Waals surface area contributed by atoms with Gasteiger partial charge in [0.1, 0.15) is 5.60 Å². The van der Waals surface area contributed by atoms with Gasteiger partial charge in [-0.3, -0.25) is 0 Å². The molecule has 0 heterocycles. The summed E-state index contributed by atoms with van der Waals surface area (Å²) in [4.78, 5) is 11.9. The lowest BCUT2D eigenvalue weighted by atomic mass is 9.49. The first-order chi connectivity index (χ1) is 13.6. The number of esters is 1. The molecular weight excluding hydrogens is 431 g/mol. The highest BCUT2D eigenvalue weighted by Gasteiger charge is 2.81. The van der Waals surface area contributed by atoms with Gasteiger partial charge in [0, 0.05) is 12.5 Å². The Morgan fingerprint density at radius 1 is 0.867 bits per heavy atom. The third-order valence-corrected chi connectivity index (χ3v) is 7.02. The van der Waals surface area contributed by atoms with Gasteiger partial charge in [-0.2, -0.15) is 39.5 Å². The van der Waals surface area contributed by atoms with Crippen LogP contribution in [0.4, 0.5) is 39.5 Å². The van der Waals surface area contributed by atoms with Crippen LogP contribution >= 0.6 is 0 Å². The highest BCUT2D eigenvalue weighted by Crippen LogP contribution is 2.62. The SMILES string of the molecule is C=CC(=O)OC1(CCC(F)(F)C(F)(F)C(F)(F)C(F)(F)F)C2CC3CC(C2)CC1C3. The zero-order chi connectivity index (χ0) is 22.8. The molecule has 0 saturated heterocycles. The minimum atomic E-state index is -6.92. The molecule has 4 rings (SSSR count). The lowest BCUT2D eigenvalue weighted by molar-refractivity contribution is -0.397. The third kappa shape index (κ3) is 3.39. The van der Waals surface area contributed by atoms with Gasteiger partial charge in [0.2, 0.25) is 0 Å². The van der Waals surface area contributed by atoms with Crippen molar-refractivity contribution in [2.24, 2.45) is 23.7 Å². The molecule has 0 aromatic rings. The fourth-order valence-corrected chi connectivity index (χ4v) is 5.75. The number of hydrogen-bond donors (Lipinski definition) is 0. The summed E-state index contributed by atoms with van der Waals surface area (Å²) in [5.74, 6) is -20.6. The van der Waals surface area contributed by atoms with Crippen LogP contribution in [0.15, 0.2) is 12.7 Å². The monoisotopic (exact) mass is 452 g/mol. The maximum atomic E-state index is 14.1. The maximum Gasteiger partial charge on any atom is 0.460 e. The smallest absolute Gasteiger partial charge is 0.455 e. The van der Waals surface area contributed by atoms with Gasteiger partial charge in [0.25, 0.3) is 0 Å². The number of alkyl halides is 9. The van der Waals surface area contributed by atoms with Crippen molar-refractivity contribution in [1.82, 2.24) is 0 Å². The van der Waals surface area contributed by atoms with Crippen LogP contribution in [0.5, 0.6) is 0 Å². The highest BCUT2D eigenvalue weighted by atomic mass is 19.4. The summed E-state index contributed by atoms with van der Waals surface area (Å²) in [6, 6.07) is 0. The van der Waals surface area contributed by atoms with Crippen LogP contribution in [0.25, 0.3) is 0 Å². The Kier molecular flexibility index (Phi) is 5.46. The van der Waals surface area contributed by atoms with E-state index in [4.69, 9.17) is 4.74 Å². The molecule has 172 valence electrons. The zero-order valence-corrected chi connectivity index (χ0v) is 15.8. The van der Waals surface area contributed by atoms with Gasteiger partial charge in [-0.25, -0.2) is 4.79 Å². The van der Waals surface area contributed by atoms with Gasteiger partial charge in [-0.05, 0) is 62.2 Å². The van der Waals surface area contributed by atoms with Crippen molar-refractivity contribution in [3.8, 4) is 0 Å². The summed E-state index contributed by atoms with van der Waals surface area (Å²) in [7, 11) is 0. The van der Waals surface area contributed by atoms with Crippen LogP contribution < -0.4 is 0 Å². The van der Waals surface area contributed by atoms with E-state index in [2.05, 4.69) is 6.58 Å². The highest BCUT2D eigenvalue weighted by molar-refractivity contribution is 5.81. The predicted octanol–water partition coefficient (Wildman–Crippen LogP) is 6.16. The quantitative estimate of drug-likeness (QED) is 0.263. The predicted molar refractivity (Wildman–Crippen MR) is 86.2 cm³/mol. The second-order valence-corrected chi connectivity index (χ2v) is 8.74. The number of carbonyl (C=O) groups is 1. The fourth-order valence-electron chi connectivity index (χ4n) is 5.75. The minimum absolute atomic E-state index is 0.263. The van der Waals surface area contributed by atoms with Gasteiger partial charge >= 0.3 is 29.9 Å². The molecule has 11 heteroatoms. The molecule has 0 radical (unpaired) electrons. The third-order valence-electron chi connectivity index (χ3n) is 7.02. The van der Waals surface area contributed by atoms with E-state index in [0.29, 0.717) is 25.7 Å². The summed E-state index contributed by atoms with van der Waals surface area (Å²) in [5, 5.41) is 0. The number of carbonyl (C=O) groups excluding carboxylic acids is 1. The Hall–Kier alpha value is -1.42. The number of ether oxygens (including phenoxy) is 1. The molecule has 4 aliphatic carbocycles. The standard InChI is InChI=1S/C19H21F9O2/c1-2-14(29)30-15(12-6-10-5-11(8-12)9-13(15)7-10)3-4-16(20,21)17(22,23)18(24,25)19(26,27)28/h2,10-13H,1,3-9H2. The topological polar surface area (TPSA) is 26.3 Å². The van der Waals surface area contributed by atoms with E-state index in [1.165, 1.54) is 0 Å². The van der Waals surface area contributed by atoms with Crippen molar-refractivity contribution in [2.45, 2.75) is 74.5 Å². The van der Waals surface area contributed by atoms with E-state index >= 15 is 0 Å². The number of halogens is 9. The van der Waals surface area contributed by atoms with E-state index in [9.17, 15) is 44.3 Å². The molecule has 0 spiro atoms. The minimum Gasteiger partial charge on any atom is -0.455 e. The van der Waals surface area contributed by atoms with Gasteiger partial charge in [0.05, 0.1) is 0 Å². The summed E-state index contributed by atoms with van der Waals surface area (Å²) < 4.78 is 124. The molecule has 0 N–H and O–H groups in total. The molecule has 0 atom stereocenters. The molecule has 0 amide bonds. The molecule has 0 unspecified atom stereocenters. The molecule has 0 aliphatic heterocycles. The van der Waals surface area contributed by atoms with Crippen molar-refractivity contribution in [3.05, 3.63) is 12.7 Å². The first-order valence-electron chi connectivity index (χ1n) is 9.63. The number of rotatable bonds is 7. The summed E-state index contributed by atoms with van der Waals surface area (Å²) in [6.07, 6.45) is -6.07. The largest absolute Gasteiger partial charge is 0.460 e. The first-order valence-corrected chi connectivity index (χ1v) is 9.63. The lowest BCUT2D eigenvalue weighted by Gasteiger charge is -2.60. The summed E-state index contributed by atoms with van der Waals surface area (Å²) in [5.41, 5.74) is -1.61. The van der Waals surface area contributed by atoms with Crippen LogP contribution in [-0.2, 0) is 9.53 Å². The van der Waals surface area contributed by atoms with Crippen molar-refractivity contribution in [2.75, 3.05) is 0 Å². The molecule has 0 aromatic carbocycles. The lowest BCUT2D eigenvalue weighted by Crippen LogP contribution is -2.63. The van der Waals surface area contributed by atoms with Gasteiger partial charge in [0.15, 0.2) is 0 Å². The Bertz CT molecular complexity index is 671. The number of hydrogen-bond acceptors (Lipinski definition) is 2. The zero-order valence-electron chi connectivity index (χ0n) is 15.8. The summed E-state index contributed by atoms with van der Waals surface area (Å²) >= 11 is 0. The van der Waals surface area contributed by atoms with Gasteiger partial charge < -0.3 is 4.74 Å². The van der Waals surface area contributed by atoms with Crippen LogP contribution in [0.3, 0.4) is 0 Å². The van der Waals surface area contributed by atoms with Crippen LogP contribution in [-0.4, -0.2) is 35.5 Å². The Morgan fingerprint density at radius 3 is 1.73 bits per heavy atom. The van der Waals surface area contributed by atoms with E-state index in [-0.39, 0.29) is 11.8 Å². The second-order valence-electron chi connectivity index (χ2n) is 8.74. The molecule has 4 bridgehead atoms. The first kappa shape index (κ1) is 23.2. The normalized spacial score (nSPS) is 34.2. The molecule has 0 aromatic heterocycles. The summed E-state index contributed by atoms with van der Waals surface area (Å²) in [6.45, 7) is 3.22. The Balaban J connectivity index is 1.87. The van der Waals surface area contributed by atoms with Gasteiger partial charge in [-0.15, -0.1) is 0 Å². The average molecular weight is 452 g/mol. The maximum absolute atomic E-state index is 14.1. The van der Waals surface area contributed by atoms with E-state index in [1.807, 2.05) is 0 Å². The molecule has 4 fully saturated rings. The van der Waals surface area contributed by atoms with Crippen LogP contribution in [0.2, 0.25) is 0 Å². The molecule has 2 nitrogen and oxygen atoms in total. The van der Waals surface area contributed by atoms with Crippen molar-refractivity contribution < 1.29 is 49.0 Å². The van der Waals surface area contributed by atoms with Crippen molar-refractivity contribution in [1.29, 1.82) is 0 Å². The van der Waals surface area contributed by atoms with E-state index < -0.39 is 60.2 Å². The van der Waals surface area contributed by atoms with E-state index in [1.54, 1.807) is 0 Å². The Morgan fingerprint density at radius 2 is 1.33 bits per heavy atom. The van der Waals surface area contributed by atoms with Crippen LogP contribution in [0, 0.1) is 23.7 Å². The van der Waals surface area contributed by atoms with E-state index in [0.717, 1.165) is 12.5 Å². The molecule has 4 saturated carbocycles. The van der Waals surface area contributed by atoms with Crippen molar-refractivity contribution >= 4 is 5.97 Å². The Labute approximate surface area is 166 Å². The second kappa shape index (κ2) is 7.05. The average Bonchev–Trinajstić information content (AvgIpc) is 2.61. The molecular formula is C19H21F9O2.